The summed E-state index contributed by atoms with van der Waals surface area (Å²) < 4.78 is 14.6. The van der Waals surface area contributed by atoms with Crippen LogP contribution < -0.4 is 0 Å². The third kappa shape index (κ3) is 2.31. The van der Waals surface area contributed by atoms with E-state index in [4.69, 9.17) is 0 Å². The summed E-state index contributed by atoms with van der Waals surface area (Å²) >= 11 is 3.36. The summed E-state index contributed by atoms with van der Waals surface area (Å²) in [6.07, 6.45) is 0. The molecule has 94 valence electrons. The highest BCUT2D eigenvalue weighted by molar-refractivity contribution is 9.10. The van der Waals surface area contributed by atoms with E-state index in [9.17, 15) is 4.39 Å². The molecule has 2 nitrogen and oxygen atoms in total. The van der Waals surface area contributed by atoms with Gasteiger partial charge in [-0.2, -0.15) is 5.10 Å². The standard InChI is InChI=1S/C15H10BrFN2/c16-11-7-4-8-12(17)15(11)14-9-13(18-19-14)10-5-2-1-3-6-10/h1-9H,(H,18,19). The van der Waals surface area contributed by atoms with Crippen LogP contribution in [0, 0.1) is 5.82 Å². The van der Waals surface area contributed by atoms with Gasteiger partial charge in [0.15, 0.2) is 0 Å². The number of nitrogens with one attached hydrogen (secondary N) is 1. The smallest absolute Gasteiger partial charge is 0.133 e. The summed E-state index contributed by atoms with van der Waals surface area (Å²) in [5.41, 5.74) is 2.95. The van der Waals surface area contributed by atoms with Gasteiger partial charge in [-0.1, -0.05) is 36.4 Å². The van der Waals surface area contributed by atoms with Crippen molar-refractivity contribution in [1.29, 1.82) is 0 Å². The van der Waals surface area contributed by atoms with Crippen molar-refractivity contribution in [3.63, 3.8) is 0 Å². The van der Waals surface area contributed by atoms with Crippen LogP contribution in [0.1, 0.15) is 0 Å². The first kappa shape index (κ1) is 12.1. The molecule has 0 bridgehead atoms. The number of aromatic nitrogens is 2. The largest absolute Gasteiger partial charge is 0.277 e. The van der Waals surface area contributed by atoms with Gasteiger partial charge in [-0.05, 0) is 34.1 Å². The summed E-state index contributed by atoms with van der Waals surface area (Å²) in [5.74, 6) is -0.280. The number of rotatable bonds is 2. The van der Waals surface area contributed by atoms with Crippen molar-refractivity contribution in [2.75, 3.05) is 0 Å². The quantitative estimate of drug-likeness (QED) is 0.732. The van der Waals surface area contributed by atoms with E-state index in [2.05, 4.69) is 26.1 Å². The number of hydrogen-bond donors (Lipinski definition) is 1. The van der Waals surface area contributed by atoms with E-state index < -0.39 is 0 Å². The van der Waals surface area contributed by atoms with Gasteiger partial charge in [0, 0.05) is 15.6 Å². The van der Waals surface area contributed by atoms with Gasteiger partial charge < -0.3 is 0 Å². The molecule has 0 aliphatic heterocycles. The first-order chi connectivity index (χ1) is 9.25. The Balaban J connectivity index is 2.07. The molecule has 0 amide bonds. The van der Waals surface area contributed by atoms with Crippen LogP contribution in [-0.2, 0) is 0 Å². The average molecular weight is 317 g/mol. The zero-order valence-electron chi connectivity index (χ0n) is 9.90. The molecule has 0 atom stereocenters. The molecule has 0 spiro atoms. The predicted molar refractivity (Wildman–Crippen MR) is 77.1 cm³/mol. The van der Waals surface area contributed by atoms with E-state index in [0.717, 1.165) is 11.3 Å². The summed E-state index contributed by atoms with van der Waals surface area (Å²) in [4.78, 5) is 0. The fourth-order valence-electron chi connectivity index (χ4n) is 1.96. The van der Waals surface area contributed by atoms with Crippen molar-refractivity contribution in [2.45, 2.75) is 0 Å². The Hall–Kier alpha value is -1.94. The maximum atomic E-state index is 13.9. The van der Waals surface area contributed by atoms with E-state index in [1.807, 2.05) is 36.4 Å². The number of halogens is 2. The molecule has 0 fully saturated rings. The van der Waals surface area contributed by atoms with Gasteiger partial charge in [0.1, 0.15) is 5.82 Å². The molecule has 0 aliphatic rings. The number of benzene rings is 2. The Bertz CT molecular complexity index is 687. The maximum Gasteiger partial charge on any atom is 0.133 e. The van der Waals surface area contributed by atoms with Gasteiger partial charge in [0.2, 0.25) is 0 Å². The number of aromatic amines is 1. The Morgan fingerprint density at radius 3 is 2.53 bits per heavy atom. The Labute approximate surface area is 118 Å². The molecule has 3 rings (SSSR count). The van der Waals surface area contributed by atoms with Crippen molar-refractivity contribution in [3.8, 4) is 22.5 Å². The third-order valence-corrected chi connectivity index (χ3v) is 3.54. The van der Waals surface area contributed by atoms with E-state index >= 15 is 0 Å². The maximum absolute atomic E-state index is 13.9. The fraction of sp³-hybridized carbons (Fsp3) is 0. The van der Waals surface area contributed by atoms with Crippen LogP contribution >= 0.6 is 15.9 Å². The number of hydrogen-bond acceptors (Lipinski definition) is 1. The minimum Gasteiger partial charge on any atom is -0.277 e. The first-order valence-electron chi connectivity index (χ1n) is 5.81. The van der Waals surface area contributed by atoms with Crippen LogP contribution in [0.2, 0.25) is 0 Å². The van der Waals surface area contributed by atoms with Gasteiger partial charge in [0.05, 0.1) is 11.4 Å². The van der Waals surface area contributed by atoms with Crippen molar-refractivity contribution >= 4 is 15.9 Å². The second kappa shape index (κ2) is 4.97. The molecule has 0 radical (unpaired) electrons. The Kier molecular flexibility index (Phi) is 3.17. The SMILES string of the molecule is Fc1cccc(Br)c1-c1cc(-c2ccccc2)n[nH]1. The lowest BCUT2D eigenvalue weighted by Crippen LogP contribution is -1.85. The molecule has 3 aromatic rings. The van der Waals surface area contributed by atoms with Crippen molar-refractivity contribution in [1.82, 2.24) is 10.2 Å². The average Bonchev–Trinajstić information content (AvgIpc) is 2.89. The fourth-order valence-corrected chi connectivity index (χ4v) is 2.52. The lowest BCUT2D eigenvalue weighted by Gasteiger charge is -2.02. The molecule has 1 heterocycles. The van der Waals surface area contributed by atoms with Crippen LogP contribution in [0.5, 0.6) is 0 Å². The van der Waals surface area contributed by atoms with E-state index in [-0.39, 0.29) is 5.82 Å². The second-order valence-corrected chi connectivity index (χ2v) is 4.98. The summed E-state index contributed by atoms with van der Waals surface area (Å²) in [7, 11) is 0. The van der Waals surface area contributed by atoms with Crippen LogP contribution in [0.15, 0.2) is 59.1 Å². The molecular weight excluding hydrogens is 307 g/mol. The number of nitrogens with zero attached hydrogens (tertiary/aromatic N) is 1. The predicted octanol–water partition coefficient (Wildman–Crippen LogP) is 4.65. The Morgan fingerprint density at radius 1 is 1.00 bits per heavy atom. The van der Waals surface area contributed by atoms with E-state index in [1.165, 1.54) is 6.07 Å². The van der Waals surface area contributed by atoms with Gasteiger partial charge in [-0.25, -0.2) is 4.39 Å². The van der Waals surface area contributed by atoms with Crippen LogP contribution in [-0.4, -0.2) is 10.2 Å². The summed E-state index contributed by atoms with van der Waals surface area (Å²) in [5, 5.41) is 7.11. The minimum atomic E-state index is -0.280. The highest BCUT2D eigenvalue weighted by Gasteiger charge is 2.12. The lowest BCUT2D eigenvalue weighted by atomic mass is 10.1. The molecular formula is C15H10BrFN2. The zero-order valence-corrected chi connectivity index (χ0v) is 11.5. The molecule has 0 unspecified atom stereocenters. The third-order valence-electron chi connectivity index (χ3n) is 2.88. The molecule has 1 N–H and O–H groups in total. The normalized spacial score (nSPS) is 10.6. The molecule has 4 heteroatoms. The summed E-state index contributed by atoms with van der Waals surface area (Å²) in [6, 6.07) is 16.5. The molecule has 19 heavy (non-hydrogen) atoms. The van der Waals surface area contributed by atoms with Crippen molar-refractivity contribution in [2.24, 2.45) is 0 Å². The molecule has 2 aromatic carbocycles. The lowest BCUT2D eigenvalue weighted by molar-refractivity contribution is 0.630. The number of H-pyrrole nitrogens is 1. The van der Waals surface area contributed by atoms with Crippen molar-refractivity contribution in [3.05, 3.63) is 64.9 Å². The van der Waals surface area contributed by atoms with Gasteiger partial charge in [0.25, 0.3) is 0 Å². The van der Waals surface area contributed by atoms with Crippen LogP contribution in [0.25, 0.3) is 22.5 Å². The van der Waals surface area contributed by atoms with Gasteiger partial charge >= 0.3 is 0 Å². The first-order valence-corrected chi connectivity index (χ1v) is 6.60. The van der Waals surface area contributed by atoms with Crippen molar-refractivity contribution < 1.29 is 4.39 Å². The van der Waals surface area contributed by atoms with Gasteiger partial charge in [-0.3, -0.25) is 5.10 Å². The van der Waals surface area contributed by atoms with Gasteiger partial charge in [-0.15, -0.1) is 0 Å². The Morgan fingerprint density at radius 2 is 1.79 bits per heavy atom. The van der Waals surface area contributed by atoms with E-state index in [0.29, 0.717) is 15.7 Å². The van der Waals surface area contributed by atoms with E-state index in [1.54, 1.807) is 12.1 Å². The van der Waals surface area contributed by atoms with Crippen LogP contribution in [0.3, 0.4) is 0 Å². The molecule has 0 saturated carbocycles. The highest BCUT2D eigenvalue weighted by atomic mass is 79.9. The monoisotopic (exact) mass is 316 g/mol. The van der Waals surface area contributed by atoms with Crippen LogP contribution in [0.4, 0.5) is 4.39 Å². The zero-order chi connectivity index (χ0) is 13.2. The highest BCUT2D eigenvalue weighted by Crippen LogP contribution is 2.31. The summed E-state index contributed by atoms with van der Waals surface area (Å²) in [6.45, 7) is 0. The molecule has 1 aromatic heterocycles. The topological polar surface area (TPSA) is 28.7 Å². The minimum absolute atomic E-state index is 0.280. The molecule has 0 aliphatic carbocycles. The molecule has 0 saturated heterocycles. The second-order valence-electron chi connectivity index (χ2n) is 4.13.